The van der Waals surface area contributed by atoms with Crippen LogP contribution in [0.1, 0.15) is 18.9 Å². The van der Waals surface area contributed by atoms with Gasteiger partial charge in [-0.1, -0.05) is 36.9 Å². The molecular formula is C17H19FN4O2S. The summed E-state index contributed by atoms with van der Waals surface area (Å²) in [5.74, 6) is 0.479. The number of thioether (sulfide) groups is 1. The van der Waals surface area contributed by atoms with Crippen LogP contribution in [0.3, 0.4) is 0 Å². The van der Waals surface area contributed by atoms with Crippen molar-refractivity contribution in [3.8, 4) is 0 Å². The van der Waals surface area contributed by atoms with E-state index in [9.17, 15) is 14.0 Å². The molecule has 1 aromatic carbocycles. The van der Waals surface area contributed by atoms with Gasteiger partial charge in [-0.15, -0.1) is 0 Å². The number of benzene rings is 1. The first-order valence-corrected chi connectivity index (χ1v) is 8.96. The van der Waals surface area contributed by atoms with Crippen molar-refractivity contribution < 1.29 is 4.39 Å². The summed E-state index contributed by atoms with van der Waals surface area (Å²) in [6.45, 7) is 2.23. The second kappa shape index (κ2) is 6.87. The number of aromatic nitrogens is 4. The second-order valence-corrected chi connectivity index (χ2v) is 6.86. The van der Waals surface area contributed by atoms with Crippen molar-refractivity contribution in [3.05, 3.63) is 56.5 Å². The Bertz CT molecular complexity index is 1050. The minimum Gasteiger partial charge on any atom is -0.308 e. The number of hydrogen-bond donors (Lipinski definition) is 0. The molecule has 0 aliphatic rings. The van der Waals surface area contributed by atoms with Gasteiger partial charge in [-0.2, -0.15) is 0 Å². The van der Waals surface area contributed by atoms with E-state index in [4.69, 9.17) is 0 Å². The van der Waals surface area contributed by atoms with Crippen molar-refractivity contribution in [2.45, 2.75) is 25.0 Å². The summed E-state index contributed by atoms with van der Waals surface area (Å²) >= 11 is 1.49. The summed E-state index contributed by atoms with van der Waals surface area (Å²) in [6.07, 6.45) is 0.935. The average molecular weight is 362 g/mol. The Kier molecular flexibility index (Phi) is 4.80. The van der Waals surface area contributed by atoms with Gasteiger partial charge in [-0.25, -0.2) is 14.2 Å². The van der Waals surface area contributed by atoms with E-state index in [1.807, 2.05) is 6.92 Å². The van der Waals surface area contributed by atoms with Gasteiger partial charge < -0.3 is 4.57 Å². The zero-order chi connectivity index (χ0) is 18.1. The van der Waals surface area contributed by atoms with E-state index in [0.29, 0.717) is 21.9 Å². The number of hydrogen-bond acceptors (Lipinski definition) is 4. The van der Waals surface area contributed by atoms with Crippen LogP contribution >= 0.6 is 11.8 Å². The summed E-state index contributed by atoms with van der Waals surface area (Å²) in [5.41, 5.74) is 0.246. The van der Waals surface area contributed by atoms with Crippen molar-refractivity contribution in [1.29, 1.82) is 0 Å². The third-order valence-corrected chi connectivity index (χ3v) is 5.22. The highest BCUT2D eigenvalue weighted by Gasteiger charge is 2.20. The lowest BCUT2D eigenvalue weighted by molar-refractivity contribution is 0.593. The molecule has 0 fully saturated rings. The van der Waals surface area contributed by atoms with Crippen LogP contribution in [0.2, 0.25) is 0 Å². The maximum Gasteiger partial charge on any atom is 0.332 e. The molecule has 0 saturated heterocycles. The van der Waals surface area contributed by atoms with E-state index >= 15 is 0 Å². The molecule has 3 rings (SSSR count). The smallest absolute Gasteiger partial charge is 0.308 e. The predicted octanol–water partition coefficient (Wildman–Crippen LogP) is 2.12. The molecule has 0 atom stereocenters. The maximum atomic E-state index is 14.1. The number of nitrogens with zero attached hydrogens (tertiary/aromatic N) is 4. The topological polar surface area (TPSA) is 61.8 Å². The van der Waals surface area contributed by atoms with Crippen molar-refractivity contribution in [1.82, 2.24) is 18.7 Å². The first-order chi connectivity index (χ1) is 12.0. The van der Waals surface area contributed by atoms with Crippen LogP contribution in [-0.2, 0) is 20.6 Å². The van der Waals surface area contributed by atoms with E-state index in [-0.39, 0.29) is 12.4 Å². The molecule has 8 heteroatoms. The van der Waals surface area contributed by atoms with Crippen molar-refractivity contribution in [2.24, 2.45) is 14.1 Å². The molecule has 0 bridgehead atoms. The van der Waals surface area contributed by atoms with E-state index in [1.54, 1.807) is 29.8 Å². The monoisotopic (exact) mass is 362 g/mol. The van der Waals surface area contributed by atoms with Crippen molar-refractivity contribution in [2.75, 3.05) is 5.75 Å². The third-order valence-electron chi connectivity index (χ3n) is 4.03. The first kappa shape index (κ1) is 17.5. The zero-order valence-electron chi connectivity index (χ0n) is 14.3. The summed E-state index contributed by atoms with van der Waals surface area (Å²) in [6, 6.07) is 6.45. The van der Waals surface area contributed by atoms with E-state index in [2.05, 4.69) is 4.98 Å². The Morgan fingerprint density at radius 1 is 1.16 bits per heavy atom. The molecule has 0 saturated carbocycles. The molecule has 25 heavy (non-hydrogen) atoms. The summed E-state index contributed by atoms with van der Waals surface area (Å²) < 4.78 is 18.2. The van der Waals surface area contributed by atoms with Crippen molar-refractivity contribution >= 4 is 22.9 Å². The van der Waals surface area contributed by atoms with Crippen LogP contribution in [0.4, 0.5) is 4.39 Å². The van der Waals surface area contributed by atoms with Crippen LogP contribution in [0.25, 0.3) is 11.2 Å². The van der Waals surface area contributed by atoms with Gasteiger partial charge in [0.15, 0.2) is 16.3 Å². The van der Waals surface area contributed by atoms with Gasteiger partial charge in [-0.05, 0) is 12.5 Å². The molecular weight excluding hydrogens is 343 g/mol. The fourth-order valence-electron chi connectivity index (χ4n) is 2.67. The van der Waals surface area contributed by atoms with Gasteiger partial charge in [0.25, 0.3) is 5.56 Å². The van der Waals surface area contributed by atoms with Gasteiger partial charge in [0, 0.05) is 25.4 Å². The van der Waals surface area contributed by atoms with Gasteiger partial charge in [0.2, 0.25) is 0 Å². The molecule has 3 aromatic rings. The SMILES string of the molecule is CCCSc1nc2c(c(=O)n(C)c(=O)n2C)n1Cc1ccccc1F. The van der Waals surface area contributed by atoms with Crippen LogP contribution in [0.5, 0.6) is 0 Å². The Morgan fingerprint density at radius 2 is 1.88 bits per heavy atom. The molecule has 0 aliphatic heterocycles. The highest BCUT2D eigenvalue weighted by atomic mass is 32.2. The quantitative estimate of drug-likeness (QED) is 0.653. The van der Waals surface area contributed by atoms with Gasteiger partial charge in [0.05, 0.1) is 6.54 Å². The van der Waals surface area contributed by atoms with E-state index in [0.717, 1.165) is 16.7 Å². The molecule has 0 unspecified atom stereocenters. The summed E-state index contributed by atoms with van der Waals surface area (Å²) in [4.78, 5) is 29.3. The molecule has 132 valence electrons. The third kappa shape index (κ3) is 3.02. The Morgan fingerprint density at radius 3 is 2.56 bits per heavy atom. The van der Waals surface area contributed by atoms with Crippen LogP contribution in [0, 0.1) is 5.82 Å². The Labute approximate surface area is 147 Å². The van der Waals surface area contributed by atoms with Crippen LogP contribution in [0.15, 0.2) is 39.0 Å². The fraction of sp³-hybridized carbons (Fsp3) is 0.353. The molecule has 0 N–H and O–H groups in total. The minimum atomic E-state index is -0.430. The fourth-order valence-corrected chi connectivity index (χ4v) is 3.52. The number of rotatable bonds is 5. The number of halogens is 1. The average Bonchev–Trinajstić information content (AvgIpc) is 2.96. The number of aryl methyl sites for hydroxylation is 1. The lowest BCUT2D eigenvalue weighted by atomic mass is 10.2. The van der Waals surface area contributed by atoms with Gasteiger partial charge >= 0.3 is 5.69 Å². The largest absolute Gasteiger partial charge is 0.332 e. The first-order valence-electron chi connectivity index (χ1n) is 7.98. The lowest BCUT2D eigenvalue weighted by Gasteiger charge is -2.10. The molecule has 0 aliphatic carbocycles. The van der Waals surface area contributed by atoms with Crippen LogP contribution < -0.4 is 11.2 Å². The molecule has 0 spiro atoms. The highest BCUT2D eigenvalue weighted by molar-refractivity contribution is 7.99. The molecule has 0 amide bonds. The molecule has 0 radical (unpaired) electrons. The minimum absolute atomic E-state index is 0.183. The van der Waals surface area contributed by atoms with Crippen molar-refractivity contribution in [3.63, 3.8) is 0 Å². The van der Waals surface area contributed by atoms with Crippen LogP contribution in [-0.4, -0.2) is 24.4 Å². The summed E-state index contributed by atoms with van der Waals surface area (Å²) in [5, 5.41) is 0.610. The standard InChI is InChI=1S/C17H19FN4O2S/c1-4-9-25-16-19-14-13(15(23)21(3)17(24)20(14)2)22(16)10-11-7-5-6-8-12(11)18/h5-8H,4,9-10H2,1-3H3. The number of fused-ring (bicyclic) bond motifs is 1. The molecule has 2 heterocycles. The summed E-state index contributed by atoms with van der Waals surface area (Å²) in [7, 11) is 3.02. The second-order valence-electron chi connectivity index (χ2n) is 5.80. The van der Waals surface area contributed by atoms with Gasteiger partial charge in [0.1, 0.15) is 5.82 Å². The predicted molar refractivity (Wildman–Crippen MR) is 96.7 cm³/mol. The van der Waals surface area contributed by atoms with E-state index < -0.39 is 11.2 Å². The normalized spacial score (nSPS) is 11.4. The Balaban J connectivity index is 2.29. The lowest BCUT2D eigenvalue weighted by Crippen LogP contribution is -2.37. The molecule has 2 aromatic heterocycles. The highest BCUT2D eigenvalue weighted by Crippen LogP contribution is 2.24. The van der Waals surface area contributed by atoms with E-state index in [1.165, 1.54) is 29.4 Å². The Hall–Kier alpha value is -2.35. The van der Waals surface area contributed by atoms with Gasteiger partial charge in [-0.3, -0.25) is 13.9 Å². The maximum absolute atomic E-state index is 14.1. The zero-order valence-corrected chi connectivity index (χ0v) is 15.1. The molecule has 6 nitrogen and oxygen atoms in total. The number of imidazole rings is 1.